The number of para-hydroxylation sites is 2. The molecule has 0 bridgehead atoms. The van der Waals surface area contributed by atoms with Crippen molar-refractivity contribution in [1.29, 1.82) is 0 Å². The Kier molecular flexibility index (Phi) is 5.19. The molecule has 0 saturated carbocycles. The van der Waals surface area contributed by atoms with Crippen LogP contribution in [0.1, 0.15) is 11.4 Å². The molecule has 0 unspecified atom stereocenters. The molecule has 0 saturated heterocycles. The molecule has 3 aromatic carbocycles. The van der Waals surface area contributed by atoms with E-state index in [4.69, 9.17) is 0 Å². The lowest BCUT2D eigenvalue weighted by atomic mass is 10.2. The third kappa shape index (κ3) is 3.74. The quantitative estimate of drug-likeness (QED) is 0.496. The van der Waals surface area contributed by atoms with Gasteiger partial charge < -0.3 is 0 Å². The van der Waals surface area contributed by atoms with Crippen molar-refractivity contribution >= 4 is 31.1 Å². The Morgan fingerprint density at radius 1 is 0.800 bits per heavy atom. The van der Waals surface area contributed by atoms with Gasteiger partial charge in [0.25, 0.3) is 10.0 Å². The summed E-state index contributed by atoms with van der Waals surface area (Å²) in [6.45, 7) is 1.76. The summed E-state index contributed by atoms with van der Waals surface area (Å²) < 4.78 is 55.1. The van der Waals surface area contributed by atoms with Gasteiger partial charge in [-0.05, 0) is 48.9 Å². The van der Waals surface area contributed by atoms with Crippen LogP contribution < -0.4 is 4.72 Å². The van der Waals surface area contributed by atoms with Crippen LogP contribution in [0.2, 0.25) is 0 Å². The largest absolute Gasteiger partial charge is 0.269 e. The molecule has 30 heavy (non-hydrogen) atoms. The van der Waals surface area contributed by atoms with E-state index in [1.165, 1.54) is 28.2 Å². The molecule has 0 atom stereocenters. The van der Waals surface area contributed by atoms with Crippen molar-refractivity contribution in [3.8, 4) is 0 Å². The third-order valence-electron chi connectivity index (χ3n) is 4.66. The van der Waals surface area contributed by atoms with Crippen molar-refractivity contribution in [3.63, 3.8) is 0 Å². The molecule has 154 valence electrons. The zero-order valence-corrected chi connectivity index (χ0v) is 17.7. The summed E-state index contributed by atoms with van der Waals surface area (Å²) in [6.07, 6.45) is 0. The number of benzene rings is 3. The second-order valence-electron chi connectivity index (χ2n) is 6.70. The van der Waals surface area contributed by atoms with E-state index < -0.39 is 20.0 Å². The number of fused-ring (bicyclic) bond motifs is 1. The molecule has 0 amide bonds. The van der Waals surface area contributed by atoms with Crippen molar-refractivity contribution in [1.82, 2.24) is 13.7 Å². The number of aryl methyl sites for hydroxylation is 1. The van der Waals surface area contributed by atoms with Crippen LogP contribution in [-0.4, -0.2) is 25.8 Å². The fraction of sp³-hybridized carbons (Fsp3) is 0.0952. The first-order valence-corrected chi connectivity index (χ1v) is 12.0. The maximum absolute atomic E-state index is 13.2. The maximum atomic E-state index is 13.2. The van der Waals surface area contributed by atoms with Gasteiger partial charge in [-0.3, -0.25) is 0 Å². The normalized spacial score (nSPS) is 12.3. The lowest BCUT2D eigenvalue weighted by Crippen LogP contribution is -2.23. The minimum absolute atomic E-state index is 0.00964. The summed E-state index contributed by atoms with van der Waals surface area (Å²) in [5.41, 5.74) is 1.86. The van der Waals surface area contributed by atoms with Crippen molar-refractivity contribution < 1.29 is 16.8 Å². The smallest absolute Gasteiger partial charge is 0.232 e. The topological polar surface area (TPSA) is 98.1 Å². The number of aromatic nitrogens is 2. The highest BCUT2D eigenvalue weighted by atomic mass is 32.2. The first-order valence-electron chi connectivity index (χ1n) is 9.12. The summed E-state index contributed by atoms with van der Waals surface area (Å²) in [5.74, 6) is 0.331. The van der Waals surface area contributed by atoms with Crippen LogP contribution in [0.15, 0.2) is 88.7 Å². The zero-order chi connectivity index (χ0) is 21.4. The number of rotatable bonds is 6. The van der Waals surface area contributed by atoms with Gasteiger partial charge in [0.15, 0.2) is 0 Å². The fourth-order valence-electron chi connectivity index (χ4n) is 3.18. The number of nitrogens with zero attached hydrogens (tertiary/aromatic N) is 2. The van der Waals surface area contributed by atoms with Gasteiger partial charge in [-0.1, -0.05) is 42.5 Å². The van der Waals surface area contributed by atoms with Gasteiger partial charge in [-0.15, -0.1) is 0 Å². The summed E-state index contributed by atoms with van der Waals surface area (Å²) in [6, 6.07) is 21.2. The Balaban J connectivity index is 1.63. The highest BCUT2D eigenvalue weighted by Gasteiger charge is 2.23. The number of nitrogens with one attached hydrogen (secondary N) is 1. The van der Waals surface area contributed by atoms with E-state index >= 15 is 0 Å². The molecule has 7 nitrogen and oxygen atoms in total. The third-order valence-corrected chi connectivity index (χ3v) is 7.88. The standard InChI is InChI=1S/C21H19N3O4S2/c1-16-23-20-9-5-6-10-21(20)24(16)30(27,28)19-13-11-18(12-14-19)29(25,26)22-15-17-7-3-2-4-8-17/h2-14,22H,15H2,1H3. The number of hydrogen-bond acceptors (Lipinski definition) is 5. The van der Waals surface area contributed by atoms with Gasteiger partial charge in [0.1, 0.15) is 5.82 Å². The summed E-state index contributed by atoms with van der Waals surface area (Å²) in [5, 5.41) is 0. The molecule has 0 aliphatic carbocycles. The van der Waals surface area contributed by atoms with E-state index in [0.29, 0.717) is 16.9 Å². The molecular formula is C21H19N3O4S2. The van der Waals surface area contributed by atoms with Crippen LogP contribution in [0.3, 0.4) is 0 Å². The Hall–Kier alpha value is -3.01. The number of hydrogen-bond donors (Lipinski definition) is 1. The van der Waals surface area contributed by atoms with Gasteiger partial charge >= 0.3 is 0 Å². The molecule has 4 rings (SSSR count). The highest BCUT2D eigenvalue weighted by molar-refractivity contribution is 7.90. The van der Waals surface area contributed by atoms with Crippen molar-refractivity contribution in [2.75, 3.05) is 0 Å². The average molecular weight is 442 g/mol. The SMILES string of the molecule is Cc1nc2ccccc2n1S(=O)(=O)c1ccc(S(=O)(=O)NCc2ccccc2)cc1. The van der Waals surface area contributed by atoms with E-state index in [1.807, 2.05) is 30.3 Å². The number of imidazole rings is 1. The molecule has 9 heteroatoms. The molecule has 0 aliphatic heterocycles. The average Bonchev–Trinajstić information content (AvgIpc) is 3.09. The molecule has 4 aromatic rings. The summed E-state index contributed by atoms with van der Waals surface area (Å²) in [4.78, 5) is 4.27. The monoisotopic (exact) mass is 441 g/mol. The lowest BCUT2D eigenvalue weighted by molar-refractivity contribution is 0.579. The molecule has 0 radical (unpaired) electrons. The number of sulfonamides is 1. The Bertz CT molecular complexity index is 1410. The predicted molar refractivity (Wildman–Crippen MR) is 114 cm³/mol. The van der Waals surface area contributed by atoms with Crippen molar-refractivity contribution in [3.05, 3.63) is 90.3 Å². The van der Waals surface area contributed by atoms with Crippen LogP contribution in [0.4, 0.5) is 0 Å². The van der Waals surface area contributed by atoms with Crippen LogP contribution >= 0.6 is 0 Å². The second-order valence-corrected chi connectivity index (χ2v) is 10.3. The predicted octanol–water partition coefficient (Wildman–Crippen LogP) is 3.06. The zero-order valence-electron chi connectivity index (χ0n) is 16.1. The fourth-order valence-corrected chi connectivity index (χ4v) is 5.69. The highest BCUT2D eigenvalue weighted by Crippen LogP contribution is 2.24. The second kappa shape index (κ2) is 7.67. The summed E-state index contributed by atoms with van der Waals surface area (Å²) >= 11 is 0. The van der Waals surface area contributed by atoms with E-state index in [2.05, 4.69) is 9.71 Å². The first-order chi connectivity index (χ1) is 14.3. The molecule has 1 heterocycles. The van der Waals surface area contributed by atoms with E-state index in [-0.39, 0.29) is 16.3 Å². The van der Waals surface area contributed by atoms with Crippen LogP contribution in [0.25, 0.3) is 11.0 Å². The van der Waals surface area contributed by atoms with Gasteiger partial charge in [0.2, 0.25) is 10.0 Å². The lowest BCUT2D eigenvalue weighted by Gasteiger charge is -2.10. The van der Waals surface area contributed by atoms with Crippen LogP contribution in [-0.2, 0) is 26.6 Å². The van der Waals surface area contributed by atoms with E-state index in [0.717, 1.165) is 5.56 Å². The Labute approximate surface area is 175 Å². The van der Waals surface area contributed by atoms with Crippen LogP contribution in [0, 0.1) is 6.92 Å². The first kappa shape index (κ1) is 20.3. The molecule has 0 fully saturated rings. The molecule has 1 N–H and O–H groups in total. The summed E-state index contributed by atoms with van der Waals surface area (Å²) in [7, 11) is -7.71. The van der Waals surface area contributed by atoms with E-state index in [1.54, 1.807) is 31.2 Å². The van der Waals surface area contributed by atoms with Crippen molar-refractivity contribution in [2.24, 2.45) is 0 Å². The minimum Gasteiger partial charge on any atom is -0.232 e. The maximum Gasteiger partial charge on any atom is 0.269 e. The van der Waals surface area contributed by atoms with E-state index in [9.17, 15) is 16.8 Å². The minimum atomic E-state index is -3.93. The van der Waals surface area contributed by atoms with Gasteiger partial charge in [-0.2, -0.15) is 0 Å². The van der Waals surface area contributed by atoms with Gasteiger partial charge in [0.05, 0.1) is 20.8 Å². The van der Waals surface area contributed by atoms with Crippen LogP contribution in [0.5, 0.6) is 0 Å². The molecular weight excluding hydrogens is 422 g/mol. The van der Waals surface area contributed by atoms with Gasteiger partial charge in [-0.25, -0.2) is 30.5 Å². The molecule has 1 aromatic heterocycles. The molecule has 0 spiro atoms. The van der Waals surface area contributed by atoms with Crippen molar-refractivity contribution in [2.45, 2.75) is 23.3 Å². The Morgan fingerprint density at radius 3 is 2.10 bits per heavy atom. The van der Waals surface area contributed by atoms with Gasteiger partial charge in [0, 0.05) is 6.54 Å². The molecule has 0 aliphatic rings. The Morgan fingerprint density at radius 2 is 1.40 bits per heavy atom.